The second kappa shape index (κ2) is 6.33. The van der Waals surface area contributed by atoms with Crippen molar-refractivity contribution in [1.82, 2.24) is 15.2 Å². The molecule has 6 heteroatoms. The van der Waals surface area contributed by atoms with E-state index in [9.17, 15) is 9.59 Å². The van der Waals surface area contributed by atoms with Crippen LogP contribution in [0.5, 0.6) is 0 Å². The molecule has 2 amide bonds. The van der Waals surface area contributed by atoms with Crippen LogP contribution >= 0.6 is 0 Å². The van der Waals surface area contributed by atoms with Crippen molar-refractivity contribution >= 4 is 22.7 Å². The van der Waals surface area contributed by atoms with Crippen LogP contribution in [0.3, 0.4) is 0 Å². The second-order valence-electron chi connectivity index (χ2n) is 9.25. The van der Waals surface area contributed by atoms with Crippen LogP contribution < -0.4 is 5.32 Å². The molecule has 160 valence electrons. The molecule has 2 bridgehead atoms. The third-order valence-corrected chi connectivity index (χ3v) is 7.71. The van der Waals surface area contributed by atoms with Crippen LogP contribution in [0.2, 0.25) is 0 Å². The highest BCUT2D eigenvalue weighted by Gasteiger charge is 2.72. The van der Waals surface area contributed by atoms with Gasteiger partial charge in [-0.3, -0.25) is 9.59 Å². The molecule has 2 fully saturated rings. The fourth-order valence-corrected chi connectivity index (χ4v) is 6.40. The highest BCUT2D eigenvalue weighted by atomic mass is 16.5. The van der Waals surface area contributed by atoms with Crippen LogP contribution in [0.4, 0.5) is 0 Å². The summed E-state index contributed by atoms with van der Waals surface area (Å²) in [5.41, 5.74) is 3.66. The number of rotatable bonds is 3. The average Bonchev–Trinajstić information content (AvgIpc) is 3.56. The van der Waals surface area contributed by atoms with E-state index in [1.165, 1.54) is 10.9 Å². The third-order valence-electron chi connectivity index (χ3n) is 7.71. The molecule has 1 aromatic heterocycles. The first-order chi connectivity index (χ1) is 15.7. The number of H-pyrrole nitrogens is 1. The molecule has 5 heterocycles. The van der Waals surface area contributed by atoms with Gasteiger partial charge in [0.2, 0.25) is 11.8 Å². The van der Waals surface area contributed by atoms with E-state index in [2.05, 4.69) is 22.4 Å². The number of para-hydroxylation sites is 1. The van der Waals surface area contributed by atoms with Crippen molar-refractivity contribution < 1.29 is 14.3 Å². The molecule has 4 aliphatic heterocycles. The largest absolute Gasteiger partial charge is 0.359 e. The van der Waals surface area contributed by atoms with E-state index in [0.29, 0.717) is 13.1 Å². The van der Waals surface area contributed by atoms with Gasteiger partial charge in [-0.25, -0.2) is 0 Å². The molecule has 0 radical (unpaired) electrons. The number of hydrogen-bond acceptors (Lipinski definition) is 3. The van der Waals surface area contributed by atoms with Gasteiger partial charge in [-0.2, -0.15) is 0 Å². The van der Waals surface area contributed by atoms with E-state index in [-0.39, 0.29) is 24.0 Å². The first-order valence-electron chi connectivity index (χ1n) is 11.3. The molecule has 4 aliphatic rings. The topological polar surface area (TPSA) is 74.4 Å². The lowest BCUT2D eigenvalue weighted by atomic mass is 9.73. The Morgan fingerprint density at radius 3 is 2.84 bits per heavy atom. The number of benzene rings is 2. The van der Waals surface area contributed by atoms with Gasteiger partial charge in [0.05, 0.1) is 17.9 Å². The zero-order valence-corrected chi connectivity index (χ0v) is 17.5. The Labute approximate surface area is 185 Å². The van der Waals surface area contributed by atoms with E-state index >= 15 is 0 Å². The smallest absolute Gasteiger partial charge is 0.230 e. The van der Waals surface area contributed by atoms with Crippen LogP contribution in [0.1, 0.15) is 22.9 Å². The molecular weight excluding hydrogens is 402 g/mol. The molecule has 5 atom stereocenters. The minimum Gasteiger partial charge on any atom is -0.359 e. The quantitative estimate of drug-likeness (QED) is 0.634. The Balaban J connectivity index is 1.25. The molecule has 2 saturated heterocycles. The predicted molar refractivity (Wildman–Crippen MR) is 118 cm³/mol. The van der Waals surface area contributed by atoms with Crippen molar-refractivity contribution in [3.05, 3.63) is 83.6 Å². The molecule has 3 aromatic rings. The van der Waals surface area contributed by atoms with Crippen LogP contribution in [0.15, 0.2) is 66.7 Å². The summed E-state index contributed by atoms with van der Waals surface area (Å²) in [4.78, 5) is 32.4. The molecule has 2 N–H and O–H groups in total. The van der Waals surface area contributed by atoms with Gasteiger partial charge in [-0.05, 0) is 23.6 Å². The van der Waals surface area contributed by atoms with E-state index in [0.717, 1.165) is 23.2 Å². The summed E-state index contributed by atoms with van der Waals surface area (Å²) in [5.74, 6) is -1.07. The molecule has 2 unspecified atom stereocenters. The maximum absolute atomic E-state index is 13.6. The lowest BCUT2D eigenvalue weighted by Gasteiger charge is -2.36. The Bertz CT molecular complexity index is 1300. The van der Waals surface area contributed by atoms with E-state index in [4.69, 9.17) is 4.74 Å². The molecule has 6 nitrogen and oxygen atoms in total. The zero-order valence-electron chi connectivity index (χ0n) is 17.5. The van der Waals surface area contributed by atoms with Gasteiger partial charge in [0.1, 0.15) is 11.6 Å². The minimum atomic E-state index is -0.785. The minimum absolute atomic E-state index is 0.0333. The predicted octanol–water partition coefficient (Wildman–Crippen LogP) is 2.86. The monoisotopic (exact) mass is 425 g/mol. The lowest BCUT2D eigenvalue weighted by molar-refractivity contribution is -0.138. The van der Waals surface area contributed by atoms with E-state index in [1.54, 1.807) is 0 Å². The van der Waals surface area contributed by atoms with Crippen molar-refractivity contribution in [2.24, 2.45) is 11.8 Å². The van der Waals surface area contributed by atoms with Gasteiger partial charge in [0.25, 0.3) is 0 Å². The number of aromatic nitrogens is 1. The van der Waals surface area contributed by atoms with Crippen LogP contribution in [-0.2, 0) is 27.3 Å². The fraction of sp³-hybridized carbons (Fsp3) is 0.308. The second-order valence-corrected chi connectivity index (χ2v) is 9.25. The third kappa shape index (κ3) is 2.22. The van der Waals surface area contributed by atoms with Crippen molar-refractivity contribution in [3.63, 3.8) is 0 Å². The molecule has 1 spiro atoms. The number of aromatic amines is 1. The summed E-state index contributed by atoms with van der Waals surface area (Å²) in [6, 6.07) is 17.9. The first-order valence-corrected chi connectivity index (χ1v) is 11.3. The number of nitrogens with zero attached hydrogens (tertiary/aromatic N) is 1. The number of amides is 2. The Morgan fingerprint density at radius 2 is 1.97 bits per heavy atom. The molecule has 32 heavy (non-hydrogen) atoms. The highest BCUT2D eigenvalue weighted by Crippen LogP contribution is 2.61. The molecule has 0 aliphatic carbocycles. The summed E-state index contributed by atoms with van der Waals surface area (Å²) in [6.45, 7) is 1.09. The van der Waals surface area contributed by atoms with E-state index < -0.39 is 17.4 Å². The summed E-state index contributed by atoms with van der Waals surface area (Å²) in [5, 5.41) is 4.26. The number of hydrogen-bond donors (Lipinski definition) is 2. The van der Waals surface area contributed by atoms with Crippen molar-refractivity contribution in [1.29, 1.82) is 0 Å². The highest BCUT2D eigenvalue weighted by molar-refractivity contribution is 5.95. The Morgan fingerprint density at radius 1 is 1.16 bits per heavy atom. The number of ether oxygens (including phenoxy) is 1. The maximum atomic E-state index is 13.6. The normalized spacial score (nSPS) is 31.6. The van der Waals surface area contributed by atoms with Crippen LogP contribution in [0, 0.1) is 11.8 Å². The number of carbonyl (C=O) groups excluding carboxylic acids is 2. The summed E-state index contributed by atoms with van der Waals surface area (Å²) in [7, 11) is 0. The fourth-order valence-electron chi connectivity index (χ4n) is 6.40. The number of carbonyl (C=O) groups is 2. The van der Waals surface area contributed by atoms with Crippen LogP contribution in [-0.4, -0.2) is 39.9 Å². The van der Waals surface area contributed by atoms with E-state index in [1.807, 2.05) is 59.5 Å². The van der Waals surface area contributed by atoms with Gasteiger partial charge in [-0.1, -0.05) is 60.7 Å². The molecule has 2 aromatic carbocycles. The average molecular weight is 425 g/mol. The van der Waals surface area contributed by atoms with Gasteiger partial charge in [0, 0.05) is 29.7 Å². The molecule has 0 saturated carbocycles. The first kappa shape index (κ1) is 18.2. The Hall–Kier alpha value is -3.38. The van der Waals surface area contributed by atoms with Crippen LogP contribution in [0.25, 0.3) is 10.9 Å². The summed E-state index contributed by atoms with van der Waals surface area (Å²) >= 11 is 0. The van der Waals surface area contributed by atoms with Gasteiger partial charge in [0.15, 0.2) is 0 Å². The standard InChI is InChI=1S/C26H23N3O3/c30-24(27-14-15-6-2-1-3-7-15)20-19-10-12-26(32-19)21(20)25(31)29-13-11-17-16-8-4-5-9-18(16)28-22(17)23(26)29/h1-10,12,19-21,23,28H,11,13-14H2,(H,27,30)/t19?,20-,21+,23+,26?/m0/s1. The zero-order chi connectivity index (χ0) is 21.4. The number of nitrogens with one attached hydrogen (secondary N) is 2. The lowest BCUT2D eigenvalue weighted by Crippen LogP contribution is -2.44. The van der Waals surface area contributed by atoms with Gasteiger partial charge >= 0.3 is 0 Å². The number of fused-ring (bicyclic) bond motifs is 6. The van der Waals surface area contributed by atoms with Crippen molar-refractivity contribution in [2.75, 3.05) is 6.54 Å². The maximum Gasteiger partial charge on any atom is 0.230 e. The molecular formula is C26H23N3O3. The summed E-state index contributed by atoms with van der Waals surface area (Å²) < 4.78 is 6.51. The van der Waals surface area contributed by atoms with Crippen molar-refractivity contribution in [2.45, 2.75) is 30.7 Å². The van der Waals surface area contributed by atoms with Gasteiger partial charge in [-0.15, -0.1) is 0 Å². The molecule has 7 rings (SSSR count). The summed E-state index contributed by atoms with van der Waals surface area (Å²) in [6.07, 6.45) is 4.47. The van der Waals surface area contributed by atoms with Crippen molar-refractivity contribution in [3.8, 4) is 0 Å². The van der Waals surface area contributed by atoms with Gasteiger partial charge < -0.3 is 19.9 Å². The SMILES string of the molecule is O=C(NCc1ccccc1)[C@H]1C2C=CC3(O2)[C@H]1C(=O)N1CCc2c([nH]c4ccccc24)[C@@H]13. The Kier molecular flexibility index (Phi) is 3.60.